The summed E-state index contributed by atoms with van der Waals surface area (Å²) in [5.41, 5.74) is 5.81. The minimum absolute atomic E-state index is 0.0145. The molecular weight excluding hydrogens is 400 g/mol. The Kier molecular flexibility index (Phi) is 6.26. The van der Waals surface area contributed by atoms with Crippen LogP contribution in [0.3, 0.4) is 0 Å². The van der Waals surface area contributed by atoms with Gasteiger partial charge in [-0.25, -0.2) is 0 Å². The van der Waals surface area contributed by atoms with E-state index in [1.165, 1.54) is 0 Å². The summed E-state index contributed by atoms with van der Waals surface area (Å²) in [4.78, 5) is 27.6. The number of hydrogen-bond acceptors (Lipinski definition) is 3. The van der Waals surface area contributed by atoms with E-state index in [4.69, 9.17) is 4.74 Å². The summed E-state index contributed by atoms with van der Waals surface area (Å²) in [6, 6.07) is 21.3. The fourth-order valence-corrected chi connectivity index (χ4v) is 4.19. The van der Waals surface area contributed by atoms with Crippen molar-refractivity contribution in [2.24, 2.45) is 0 Å². The molecule has 0 radical (unpaired) electrons. The topological polar surface area (TPSA) is 58.6 Å². The molecule has 1 heterocycles. The summed E-state index contributed by atoms with van der Waals surface area (Å²) in [6.45, 7) is 4.50. The van der Waals surface area contributed by atoms with Crippen LogP contribution >= 0.6 is 0 Å². The third kappa shape index (κ3) is 4.52. The summed E-state index contributed by atoms with van der Waals surface area (Å²) in [6.07, 6.45) is 1.17. The second-order valence-corrected chi connectivity index (χ2v) is 8.30. The monoisotopic (exact) mass is 428 g/mol. The van der Waals surface area contributed by atoms with Crippen molar-refractivity contribution < 1.29 is 14.3 Å². The maximum Gasteiger partial charge on any atom is 0.258 e. The van der Waals surface area contributed by atoms with E-state index in [9.17, 15) is 9.59 Å². The number of nitrogens with zero attached hydrogens (tertiary/aromatic N) is 1. The number of methoxy groups -OCH3 is 1. The molecule has 0 saturated heterocycles. The van der Waals surface area contributed by atoms with Crippen LogP contribution in [0.25, 0.3) is 0 Å². The predicted molar refractivity (Wildman–Crippen MR) is 126 cm³/mol. The average molecular weight is 429 g/mol. The first-order valence-electron chi connectivity index (χ1n) is 10.9. The SMILES string of the molecule is COc1ccc(C(=O)N2c3cc(CNC(=O)Cc4ccccc4C)ccc3C[C@H]2C)cc1. The van der Waals surface area contributed by atoms with Crippen LogP contribution < -0.4 is 15.0 Å². The highest BCUT2D eigenvalue weighted by Gasteiger charge is 2.31. The molecule has 0 saturated carbocycles. The van der Waals surface area contributed by atoms with Gasteiger partial charge >= 0.3 is 0 Å². The number of amides is 2. The molecule has 3 aromatic rings. The maximum absolute atomic E-state index is 13.2. The third-order valence-corrected chi connectivity index (χ3v) is 6.02. The van der Waals surface area contributed by atoms with Gasteiger partial charge in [-0.15, -0.1) is 0 Å². The second-order valence-electron chi connectivity index (χ2n) is 8.30. The van der Waals surface area contributed by atoms with Crippen LogP contribution in [0.4, 0.5) is 5.69 Å². The standard InChI is InChI=1S/C27H28N2O3/c1-18-6-4-5-7-22(18)16-26(30)28-17-20-8-9-23-14-19(2)29(25(23)15-20)27(31)21-10-12-24(32-3)13-11-21/h4-13,15,19H,14,16-17H2,1-3H3,(H,28,30)/t19-/m1/s1. The van der Waals surface area contributed by atoms with Gasteiger partial charge < -0.3 is 15.0 Å². The van der Waals surface area contributed by atoms with Gasteiger partial charge in [0.05, 0.1) is 13.5 Å². The number of nitrogens with one attached hydrogen (secondary N) is 1. The summed E-state index contributed by atoms with van der Waals surface area (Å²) in [7, 11) is 1.61. The van der Waals surface area contributed by atoms with Gasteiger partial charge in [0.2, 0.25) is 5.91 Å². The number of carbonyl (C=O) groups is 2. The van der Waals surface area contributed by atoms with E-state index in [1.807, 2.05) is 48.2 Å². The zero-order valence-electron chi connectivity index (χ0n) is 18.7. The zero-order valence-corrected chi connectivity index (χ0v) is 18.7. The lowest BCUT2D eigenvalue weighted by molar-refractivity contribution is -0.120. The molecule has 0 spiro atoms. The third-order valence-electron chi connectivity index (χ3n) is 6.02. The van der Waals surface area contributed by atoms with E-state index >= 15 is 0 Å². The fraction of sp³-hybridized carbons (Fsp3) is 0.259. The van der Waals surface area contributed by atoms with Crippen molar-refractivity contribution in [1.29, 1.82) is 0 Å². The minimum Gasteiger partial charge on any atom is -0.497 e. The van der Waals surface area contributed by atoms with E-state index in [-0.39, 0.29) is 17.9 Å². The summed E-state index contributed by atoms with van der Waals surface area (Å²) >= 11 is 0. The zero-order chi connectivity index (χ0) is 22.7. The Balaban J connectivity index is 1.47. The van der Waals surface area contributed by atoms with Gasteiger partial charge in [0.15, 0.2) is 0 Å². The quantitative estimate of drug-likeness (QED) is 0.631. The highest BCUT2D eigenvalue weighted by molar-refractivity contribution is 6.07. The molecule has 0 aromatic heterocycles. The fourth-order valence-electron chi connectivity index (χ4n) is 4.19. The predicted octanol–water partition coefficient (Wildman–Crippen LogP) is 4.45. The maximum atomic E-state index is 13.2. The average Bonchev–Trinajstić information content (AvgIpc) is 3.13. The number of benzene rings is 3. The minimum atomic E-state index is -0.0281. The molecule has 1 aliphatic heterocycles. The van der Waals surface area contributed by atoms with E-state index in [1.54, 1.807) is 31.4 Å². The van der Waals surface area contributed by atoms with Crippen molar-refractivity contribution in [2.75, 3.05) is 12.0 Å². The highest BCUT2D eigenvalue weighted by atomic mass is 16.5. The van der Waals surface area contributed by atoms with Crippen molar-refractivity contribution in [3.63, 3.8) is 0 Å². The van der Waals surface area contributed by atoms with Crippen molar-refractivity contribution in [3.05, 3.63) is 94.5 Å². The Bertz CT molecular complexity index is 1140. The van der Waals surface area contributed by atoms with Gasteiger partial charge in [0.25, 0.3) is 5.91 Å². The Morgan fingerprint density at radius 3 is 2.53 bits per heavy atom. The van der Waals surface area contributed by atoms with E-state index in [0.717, 1.165) is 40.1 Å². The van der Waals surface area contributed by atoms with Crippen LogP contribution in [-0.2, 0) is 24.2 Å². The van der Waals surface area contributed by atoms with Crippen LogP contribution in [0.1, 0.15) is 39.5 Å². The molecule has 1 aliphatic rings. The molecule has 3 aromatic carbocycles. The summed E-state index contributed by atoms with van der Waals surface area (Å²) < 4.78 is 5.20. The molecule has 32 heavy (non-hydrogen) atoms. The van der Waals surface area contributed by atoms with Crippen LogP contribution in [0.15, 0.2) is 66.7 Å². The van der Waals surface area contributed by atoms with Gasteiger partial charge in [-0.3, -0.25) is 9.59 Å². The number of anilines is 1. The van der Waals surface area contributed by atoms with Crippen molar-refractivity contribution >= 4 is 17.5 Å². The lowest BCUT2D eigenvalue weighted by Gasteiger charge is -2.23. The van der Waals surface area contributed by atoms with Gasteiger partial charge in [-0.1, -0.05) is 36.4 Å². The van der Waals surface area contributed by atoms with E-state index in [2.05, 4.69) is 18.3 Å². The Morgan fingerprint density at radius 2 is 1.81 bits per heavy atom. The number of aryl methyl sites for hydroxylation is 1. The molecule has 5 heteroatoms. The normalized spacial score (nSPS) is 14.7. The molecule has 0 aliphatic carbocycles. The van der Waals surface area contributed by atoms with Crippen LogP contribution in [0.2, 0.25) is 0 Å². The molecule has 1 N–H and O–H groups in total. The van der Waals surface area contributed by atoms with Crippen LogP contribution in [0.5, 0.6) is 5.75 Å². The molecule has 4 rings (SSSR count). The number of carbonyl (C=O) groups excluding carboxylic acids is 2. The number of fused-ring (bicyclic) bond motifs is 1. The largest absolute Gasteiger partial charge is 0.497 e. The lowest BCUT2D eigenvalue weighted by atomic mass is 10.1. The van der Waals surface area contributed by atoms with Gasteiger partial charge in [-0.2, -0.15) is 0 Å². The molecule has 1 atom stereocenters. The molecule has 164 valence electrons. The van der Waals surface area contributed by atoms with Crippen LogP contribution in [-0.4, -0.2) is 25.0 Å². The molecular formula is C27H28N2O3. The number of hydrogen-bond donors (Lipinski definition) is 1. The molecule has 5 nitrogen and oxygen atoms in total. The van der Waals surface area contributed by atoms with Gasteiger partial charge in [0, 0.05) is 23.8 Å². The van der Waals surface area contributed by atoms with Crippen molar-refractivity contribution in [2.45, 2.75) is 39.3 Å². The molecule has 0 bridgehead atoms. The van der Waals surface area contributed by atoms with Gasteiger partial charge in [-0.05, 0) is 72.9 Å². The Morgan fingerprint density at radius 1 is 1.06 bits per heavy atom. The first kappa shape index (κ1) is 21.6. The number of rotatable bonds is 6. The van der Waals surface area contributed by atoms with Gasteiger partial charge in [0.1, 0.15) is 5.75 Å². The Hall–Kier alpha value is -3.60. The van der Waals surface area contributed by atoms with E-state index in [0.29, 0.717) is 18.5 Å². The first-order valence-corrected chi connectivity index (χ1v) is 10.9. The summed E-state index contributed by atoms with van der Waals surface area (Å²) in [5.74, 6) is 0.680. The first-order chi connectivity index (χ1) is 15.5. The smallest absolute Gasteiger partial charge is 0.258 e. The second kappa shape index (κ2) is 9.27. The highest BCUT2D eigenvalue weighted by Crippen LogP contribution is 2.34. The van der Waals surface area contributed by atoms with Crippen LogP contribution in [0, 0.1) is 6.92 Å². The molecule has 0 unspecified atom stereocenters. The van der Waals surface area contributed by atoms with Crippen molar-refractivity contribution in [1.82, 2.24) is 5.32 Å². The van der Waals surface area contributed by atoms with Crippen molar-refractivity contribution in [3.8, 4) is 5.75 Å². The number of ether oxygens (including phenoxy) is 1. The van der Waals surface area contributed by atoms with E-state index < -0.39 is 0 Å². The Labute approximate surface area is 189 Å². The lowest BCUT2D eigenvalue weighted by Crippen LogP contribution is -2.35. The summed E-state index contributed by atoms with van der Waals surface area (Å²) in [5, 5.41) is 3.01. The molecule has 0 fully saturated rings. The molecule has 2 amide bonds.